The highest BCUT2D eigenvalue weighted by Gasteiger charge is 2.35. The Morgan fingerprint density at radius 2 is 2.08 bits per heavy atom. The van der Waals surface area contributed by atoms with Crippen LogP contribution in [0.3, 0.4) is 0 Å². The van der Waals surface area contributed by atoms with Crippen LogP contribution >= 0.6 is 0 Å². The van der Waals surface area contributed by atoms with E-state index in [1.54, 1.807) is 23.1 Å². The van der Waals surface area contributed by atoms with Crippen LogP contribution in [0.25, 0.3) is 11.3 Å². The maximum atomic E-state index is 13.9. The minimum atomic E-state index is -0.411. The summed E-state index contributed by atoms with van der Waals surface area (Å²) in [4.78, 5) is 14.5. The van der Waals surface area contributed by atoms with E-state index >= 15 is 0 Å². The summed E-state index contributed by atoms with van der Waals surface area (Å²) in [7, 11) is 0. The van der Waals surface area contributed by atoms with Gasteiger partial charge in [0, 0.05) is 24.2 Å². The van der Waals surface area contributed by atoms with Crippen LogP contribution in [0.2, 0.25) is 0 Å². The first-order chi connectivity index (χ1) is 12.1. The van der Waals surface area contributed by atoms with E-state index in [0.717, 1.165) is 18.5 Å². The number of likely N-dealkylation sites (tertiary alicyclic amines) is 1. The Bertz CT molecular complexity index is 918. The molecule has 1 atom stereocenters. The van der Waals surface area contributed by atoms with Crippen molar-refractivity contribution < 1.29 is 18.2 Å². The van der Waals surface area contributed by atoms with Crippen molar-refractivity contribution in [2.45, 2.75) is 25.8 Å². The Morgan fingerprint density at radius 1 is 1.24 bits per heavy atom. The Hall–Kier alpha value is -2.96. The van der Waals surface area contributed by atoms with Crippen molar-refractivity contribution in [3.63, 3.8) is 0 Å². The molecule has 2 aromatic heterocycles. The molecular weight excluding hydrogens is 325 g/mol. The Balaban J connectivity index is 1.60. The number of hydrogen-bond acceptors (Lipinski definition) is 5. The van der Waals surface area contributed by atoms with Crippen molar-refractivity contribution in [2.24, 2.45) is 0 Å². The first-order valence-corrected chi connectivity index (χ1v) is 8.09. The first-order valence-electron chi connectivity index (χ1n) is 8.09. The van der Waals surface area contributed by atoms with Gasteiger partial charge < -0.3 is 13.9 Å². The van der Waals surface area contributed by atoms with Crippen molar-refractivity contribution >= 4 is 5.91 Å². The lowest BCUT2D eigenvalue weighted by atomic mass is 10.1. The molecule has 1 aromatic carbocycles. The van der Waals surface area contributed by atoms with Gasteiger partial charge in [0.2, 0.25) is 5.76 Å². The lowest BCUT2D eigenvalue weighted by Gasteiger charge is -2.20. The van der Waals surface area contributed by atoms with Gasteiger partial charge in [0.05, 0.1) is 11.7 Å². The first kappa shape index (κ1) is 15.6. The molecule has 128 valence electrons. The molecule has 1 amide bonds. The molecule has 0 spiro atoms. The van der Waals surface area contributed by atoms with E-state index in [1.807, 2.05) is 13.0 Å². The summed E-state index contributed by atoms with van der Waals surface area (Å²) >= 11 is 0. The van der Waals surface area contributed by atoms with Crippen LogP contribution in [0.5, 0.6) is 0 Å². The summed E-state index contributed by atoms with van der Waals surface area (Å²) < 4.78 is 24.4. The van der Waals surface area contributed by atoms with Crippen molar-refractivity contribution in [3.05, 3.63) is 59.4 Å². The second-order valence-corrected chi connectivity index (χ2v) is 6.08. The van der Waals surface area contributed by atoms with Crippen LogP contribution in [-0.4, -0.2) is 27.7 Å². The van der Waals surface area contributed by atoms with Gasteiger partial charge in [0.15, 0.2) is 5.76 Å². The van der Waals surface area contributed by atoms with Crippen LogP contribution in [-0.2, 0) is 0 Å². The molecule has 3 aromatic rings. The van der Waals surface area contributed by atoms with E-state index in [-0.39, 0.29) is 17.7 Å². The highest BCUT2D eigenvalue weighted by atomic mass is 19.1. The van der Waals surface area contributed by atoms with Gasteiger partial charge in [0.1, 0.15) is 11.5 Å². The fourth-order valence-corrected chi connectivity index (χ4v) is 3.16. The molecular formula is C18H16FN3O3. The Labute approximate surface area is 143 Å². The average molecular weight is 341 g/mol. The molecule has 0 N–H and O–H groups in total. The van der Waals surface area contributed by atoms with Crippen molar-refractivity contribution in [3.8, 4) is 11.3 Å². The second-order valence-electron chi connectivity index (χ2n) is 6.08. The van der Waals surface area contributed by atoms with Crippen LogP contribution in [0.4, 0.5) is 4.39 Å². The van der Waals surface area contributed by atoms with Gasteiger partial charge in [-0.3, -0.25) is 4.79 Å². The quantitative estimate of drug-likeness (QED) is 0.725. The van der Waals surface area contributed by atoms with Crippen molar-refractivity contribution in [1.82, 2.24) is 15.2 Å². The molecule has 3 heterocycles. The van der Waals surface area contributed by atoms with E-state index in [0.29, 0.717) is 23.6 Å². The number of amides is 1. The molecule has 1 aliphatic heterocycles. The highest BCUT2D eigenvalue weighted by Crippen LogP contribution is 2.34. The van der Waals surface area contributed by atoms with Gasteiger partial charge in [-0.1, -0.05) is 22.4 Å². The molecule has 4 rings (SSSR count). The van der Waals surface area contributed by atoms with Gasteiger partial charge in [-0.15, -0.1) is 0 Å². The molecule has 25 heavy (non-hydrogen) atoms. The number of hydrogen-bond donors (Lipinski definition) is 0. The number of aromatic nitrogens is 2. The van der Waals surface area contributed by atoms with Crippen LogP contribution < -0.4 is 0 Å². The van der Waals surface area contributed by atoms with Crippen molar-refractivity contribution in [1.29, 1.82) is 0 Å². The van der Waals surface area contributed by atoms with E-state index < -0.39 is 5.82 Å². The van der Waals surface area contributed by atoms with E-state index in [4.69, 9.17) is 9.05 Å². The zero-order chi connectivity index (χ0) is 17.4. The van der Waals surface area contributed by atoms with Crippen LogP contribution in [0.1, 0.15) is 40.9 Å². The minimum Gasteiger partial charge on any atom is -0.359 e. The van der Waals surface area contributed by atoms with Gasteiger partial charge in [0.25, 0.3) is 5.91 Å². The second kappa shape index (κ2) is 6.16. The monoisotopic (exact) mass is 341 g/mol. The average Bonchev–Trinajstić information content (AvgIpc) is 3.34. The third kappa shape index (κ3) is 2.82. The van der Waals surface area contributed by atoms with E-state index in [1.165, 1.54) is 12.1 Å². The summed E-state index contributed by atoms with van der Waals surface area (Å²) in [5.41, 5.74) is 1.37. The molecule has 1 aliphatic rings. The molecule has 1 saturated heterocycles. The zero-order valence-electron chi connectivity index (χ0n) is 13.6. The maximum absolute atomic E-state index is 13.9. The topological polar surface area (TPSA) is 72.4 Å². The summed E-state index contributed by atoms with van der Waals surface area (Å²) in [5, 5.41) is 7.73. The lowest BCUT2D eigenvalue weighted by molar-refractivity contribution is 0.0672. The standard InChI is InChI=1S/C18H16FN3O3/c1-11-9-16(24-20-11)15-7-4-8-22(15)18(23)17-10-14(21-25-17)12-5-2-3-6-13(12)19/h2-3,5-6,9-10,15H,4,7-8H2,1H3/t15-/m0/s1. The van der Waals surface area contributed by atoms with Gasteiger partial charge >= 0.3 is 0 Å². The van der Waals surface area contributed by atoms with Crippen LogP contribution in [0.15, 0.2) is 45.4 Å². The largest absolute Gasteiger partial charge is 0.359 e. The molecule has 0 aliphatic carbocycles. The summed E-state index contributed by atoms with van der Waals surface area (Å²) in [6.07, 6.45) is 1.67. The molecule has 7 heteroatoms. The van der Waals surface area contributed by atoms with E-state index in [9.17, 15) is 9.18 Å². The van der Waals surface area contributed by atoms with Gasteiger partial charge in [-0.05, 0) is 31.9 Å². The SMILES string of the molecule is Cc1cc([C@@H]2CCCN2C(=O)c2cc(-c3ccccc3F)no2)on1. The van der Waals surface area contributed by atoms with Crippen molar-refractivity contribution in [2.75, 3.05) is 6.54 Å². The van der Waals surface area contributed by atoms with Crippen LogP contribution in [0, 0.1) is 12.7 Å². The third-order valence-electron chi connectivity index (χ3n) is 4.36. The fraction of sp³-hybridized carbons (Fsp3) is 0.278. The highest BCUT2D eigenvalue weighted by molar-refractivity contribution is 5.92. The predicted octanol–water partition coefficient (Wildman–Crippen LogP) is 3.75. The smallest absolute Gasteiger partial charge is 0.293 e. The summed E-state index contributed by atoms with van der Waals surface area (Å²) in [5.74, 6) is 0.0520. The molecule has 0 bridgehead atoms. The third-order valence-corrected chi connectivity index (χ3v) is 4.36. The molecule has 0 radical (unpaired) electrons. The summed E-state index contributed by atoms with van der Waals surface area (Å²) in [6, 6.07) is 9.38. The Kier molecular flexibility index (Phi) is 3.83. The fourth-order valence-electron chi connectivity index (χ4n) is 3.16. The number of benzene rings is 1. The molecule has 0 unspecified atom stereocenters. The lowest BCUT2D eigenvalue weighted by Crippen LogP contribution is -2.30. The number of carbonyl (C=O) groups is 1. The molecule has 1 fully saturated rings. The number of carbonyl (C=O) groups excluding carboxylic acids is 1. The number of aryl methyl sites for hydroxylation is 1. The number of rotatable bonds is 3. The summed E-state index contributed by atoms with van der Waals surface area (Å²) in [6.45, 7) is 2.43. The zero-order valence-corrected chi connectivity index (χ0v) is 13.6. The number of nitrogens with zero attached hydrogens (tertiary/aromatic N) is 3. The normalized spacial score (nSPS) is 17.2. The molecule has 0 saturated carbocycles. The van der Waals surface area contributed by atoms with E-state index in [2.05, 4.69) is 10.3 Å². The Morgan fingerprint density at radius 3 is 2.84 bits per heavy atom. The molecule has 6 nitrogen and oxygen atoms in total. The number of halogens is 1. The maximum Gasteiger partial charge on any atom is 0.293 e. The van der Waals surface area contributed by atoms with Gasteiger partial charge in [-0.25, -0.2) is 4.39 Å². The van der Waals surface area contributed by atoms with Gasteiger partial charge in [-0.2, -0.15) is 0 Å². The minimum absolute atomic E-state index is 0.0846. The predicted molar refractivity (Wildman–Crippen MR) is 86.1 cm³/mol.